The molecule has 1 aromatic carbocycles. The predicted molar refractivity (Wildman–Crippen MR) is 75.1 cm³/mol. The maximum Gasteiger partial charge on any atom is 0.119 e. The van der Waals surface area contributed by atoms with Crippen molar-refractivity contribution in [3.63, 3.8) is 0 Å². The van der Waals surface area contributed by atoms with Crippen LogP contribution in [0.4, 0.5) is 0 Å². The molecule has 2 rings (SSSR count). The van der Waals surface area contributed by atoms with Crippen molar-refractivity contribution in [3.05, 3.63) is 46.4 Å². The standard InChI is InChI=1S/C14H18N2OS/c1-11-3-2-4-13(7-11)17-6-5-12(15)8-14-9-16-10-18-14/h2-4,7,9-10,12H,5-6,8,15H2,1H3. The van der Waals surface area contributed by atoms with Gasteiger partial charge in [-0.3, -0.25) is 4.98 Å². The van der Waals surface area contributed by atoms with Gasteiger partial charge in [-0.2, -0.15) is 0 Å². The van der Waals surface area contributed by atoms with Crippen LogP contribution < -0.4 is 10.5 Å². The molecule has 0 aliphatic heterocycles. The molecule has 18 heavy (non-hydrogen) atoms. The Morgan fingerprint density at radius 1 is 1.44 bits per heavy atom. The van der Waals surface area contributed by atoms with Gasteiger partial charge in [0.05, 0.1) is 12.1 Å². The molecule has 4 heteroatoms. The van der Waals surface area contributed by atoms with Crippen LogP contribution in [0.2, 0.25) is 0 Å². The van der Waals surface area contributed by atoms with E-state index in [0.29, 0.717) is 6.61 Å². The molecule has 0 amide bonds. The highest BCUT2D eigenvalue weighted by atomic mass is 32.1. The number of aromatic nitrogens is 1. The lowest BCUT2D eigenvalue weighted by Gasteiger charge is -2.11. The molecule has 0 bridgehead atoms. The van der Waals surface area contributed by atoms with Crippen molar-refractivity contribution < 1.29 is 4.74 Å². The summed E-state index contributed by atoms with van der Waals surface area (Å²) in [6.07, 6.45) is 3.61. The maximum atomic E-state index is 6.06. The predicted octanol–water partition coefficient (Wildman–Crippen LogP) is 2.79. The van der Waals surface area contributed by atoms with E-state index in [2.05, 4.69) is 18.0 Å². The molecule has 1 aromatic heterocycles. The Morgan fingerprint density at radius 2 is 2.33 bits per heavy atom. The molecule has 2 aromatic rings. The summed E-state index contributed by atoms with van der Waals surface area (Å²) in [5, 5.41) is 0. The summed E-state index contributed by atoms with van der Waals surface area (Å²) in [7, 11) is 0. The van der Waals surface area contributed by atoms with Gasteiger partial charge < -0.3 is 10.5 Å². The first kappa shape index (κ1) is 13.1. The number of nitrogens with zero attached hydrogens (tertiary/aromatic N) is 1. The fourth-order valence-corrected chi connectivity index (χ4v) is 2.43. The summed E-state index contributed by atoms with van der Waals surface area (Å²) >= 11 is 1.65. The average molecular weight is 262 g/mol. The Kier molecular flexibility index (Phi) is 4.73. The highest BCUT2D eigenvalue weighted by Crippen LogP contribution is 2.13. The highest BCUT2D eigenvalue weighted by molar-refractivity contribution is 7.09. The van der Waals surface area contributed by atoms with Crippen LogP contribution in [0, 0.1) is 6.92 Å². The summed E-state index contributed by atoms with van der Waals surface area (Å²) in [4.78, 5) is 5.28. The van der Waals surface area contributed by atoms with Crippen LogP contribution in [0.15, 0.2) is 36.0 Å². The van der Waals surface area contributed by atoms with Gasteiger partial charge in [0.2, 0.25) is 0 Å². The van der Waals surface area contributed by atoms with E-state index in [1.54, 1.807) is 11.3 Å². The van der Waals surface area contributed by atoms with E-state index in [-0.39, 0.29) is 6.04 Å². The first-order chi connectivity index (χ1) is 8.74. The minimum atomic E-state index is 0.134. The van der Waals surface area contributed by atoms with Crippen LogP contribution >= 0.6 is 11.3 Å². The molecule has 0 fully saturated rings. The lowest BCUT2D eigenvalue weighted by atomic mass is 10.1. The van der Waals surface area contributed by atoms with Crippen LogP contribution in [0.3, 0.4) is 0 Å². The molecule has 3 nitrogen and oxygen atoms in total. The normalized spacial score (nSPS) is 12.3. The third-order valence-corrected chi connectivity index (χ3v) is 3.50. The van der Waals surface area contributed by atoms with E-state index in [1.165, 1.54) is 10.4 Å². The van der Waals surface area contributed by atoms with E-state index >= 15 is 0 Å². The van der Waals surface area contributed by atoms with Gasteiger partial charge in [0.1, 0.15) is 5.75 Å². The summed E-state index contributed by atoms with van der Waals surface area (Å²) in [5.41, 5.74) is 9.11. The van der Waals surface area contributed by atoms with Gasteiger partial charge in [0.15, 0.2) is 0 Å². The molecule has 2 N–H and O–H groups in total. The number of ether oxygens (including phenoxy) is 1. The number of rotatable bonds is 6. The number of hydrogen-bond acceptors (Lipinski definition) is 4. The third kappa shape index (κ3) is 4.13. The minimum Gasteiger partial charge on any atom is -0.494 e. The minimum absolute atomic E-state index is 0.134. The van der Waals surface area contributed by atoms with Crippen LogP contribution in [-0.2, 0) is 6.42 Å². The molecule has 0 saturated heterocycles. The van der Waals surface area contributed by atoms with Crippen LogP contribution in [0.5, 0.6) is 5.75 Å². The van der Waals surface area contributed by atoms with E-state index < -0.39 is 0 Å². The number of nitrogens with two attached hydrogens (primary N) is 1. The highest BCUT2D eigenvalue weighted by Gasteiger charge is 2.05. The zero-order valence-electron chi connectivity index (χ0n) is 10.5. The van der Waals surface area contributed by atoms with Gasteiger partial charge in [-0.25, -0.2) is 0 Å². The van der Waals surface area contributed by atoms with Gasteiger partial charge >= 0.3 is 0 Å². The van der Waals surface area contributed by atoms with Gasteiger partial charge in [-0.05, 0) is 37.5 Å². The molecule has 0 aliphatic carbocycles. The van der Waals surface area contributed by atoms with Crippen molar-refractivity contribution >= 4 is 11.3 Å². The maximum absolute atomic E-state index is 6.06. The first-order valence-corrected chi connectivity index (χ1v) is 6.94. The fraction of sp³-hybridized carbons (Fsp3) is 0.357. The zero-order chi connectivity index (χ0) is 12.8. The molecule has 0 saturated carbocycles. The molecule has 1 atom stereocenters. The second kappa shape index (κ2) is 6.52. The van der Waals surface area contributed by atoms with Crippen LogP contribution in [0.1, 0.15) is 16.9 Å². The topological polar surface area (TPSA) is 48.1 Å². The molecular weight excluding hydrogens is 244 g/mol. The lowest BCUT2D eigenvalue weighted by molar-refractivity contribution is 0.297. The first-order valence-electron chi connectivity index (χ1n) is 6.06. The van der Waals surface area contributed by atoms with E-state index in [1.807, 2.05) is 29.9 Å². The summed E-state index contributed by atoms with van der Waals surface area (Å²) in [5.74, 6) is 0.917. The van der Waals surface area contributed by atoms with Crippen molar-refractivity contribution in [1.82, 2.24) is 4.98 Å². The van der Waals surface area contributed by atoms with Crippen molar-refractivity contribution in [2.45, 2.75) is 25.8 Å². The molecule has 96 valence electrons. The van der Waals surface area contributed by atoms with Gasteiger partial charge in [-0.1, -0.05) is 12.1 Å². The number of thiazole rings is 1. The van der Waals surface area contributed by atoms with Gasteiger partial charge in [-0.15, -0.1) is 11.3 Å². The monoisotopic (exact) mass is 262 g/mol. The van der Waals surface area contributed by atoms with Gasteiger partial charge in [0.25, 0.3) is 0 Å². The second-order valence-electron chi connectivity index (χ2n) is 4.39. The van der Waals surface area contributed by atoms with E-state index in [0.717, 1.165) is 18.6 Å². The van der Waals surface area contributed by atoms with E-state index in [9.17, 15) is 0 Å². The largest absolute Gasteiger partial charge is 0.494 e. The van der Waals surface area contributed by atoms with Crippen molar-refractivity contribution in [1.29, 1.82) is 0 Å². The molecule has 0 radical (unpaired) electrons. The van der Waals surface area contributed by atoms with Crippen molar-refractivity contribution in [2.75, 3.05) is 6.61 Å². The lowest BCUT2D eigenvalue weighted by Crippen LogP contribution is -2.24. The molecular formula is C14H18N2OS. The third-order valence-electron chi connectivity index (χ3n) is 2.69. The number of hydrogen-bond donors (Lipinski definition) is 1. The van der Waals surface area contributed by atoms with Crippen molar-refractivity contribution in [2.24, 2.45) is 5.73 Å². The Balaban J connectivity index is 1.72. The Morgan fingerprint density at radius 3 is 3.06 bits per heavy atom. The molecule has 0 aliphatic rings. The Labute approximate surface area is 112 Å². The zero-order valence-corrected chi connectivity index (χ0v) is 11.3. The quantitative estimate of drug-likeness (QED) is 0.871. The summed E-state index contributed by atoms with van der Waals surface area (Å²) < 4.78 is 5.68. The summed E-state index contributed by atoms with van der Waals surface area (Å²) in [6.45, 7) is 2.71. The molecule has 1 heterocycles. The molecule has 0 spiro atoms. The van der Waals surface area contributed by atoms with E-state index in [4.69, 9.17) is 10.5 Å². The summed E-state index contributed by atoms with van der Waals surface area (Å²) in [6, 6.07) is 8.20. The van der Waals surface area contributed by atoms with Crippen LogP contribution in [-0.4, -0.2) is 17.6 Å². The fourth-order valence-electron chi connectivity index (χ4n) is 1.74. The SMILES string of the molecule is Cc1cccc(OCCC(N)Cc2cncs2)c1. The van der Waals surface area contributed by atoms with Crippen LogP contribution in [0.25, 0.3) is 0 Å². The average Bonchev–Trinajstić information content (AvgIpc) is 2.82. The number of aryl methyl sites for hydroxylation is 1. The van der Waals surface area contributed by atoms with Gasteiger partial charge in [0, 0.05) is 17.1 Å². The van der Waals surface area contributed by atoms with Crippen molar-refractivity contribution in [3.8, 4) is 5.75 Å². The second-order valence-corrected chi connectivity index (χ2v) is 5.36. The molecule has 1 unspecified atom stereocenters. The number of benzene rings is 1. The smallest absolute Gasteiger partial charge is 0.119 e. The Hall–Kier alpha value is -1.39. The Bertz CT molecular complexity index is 470.